The average molecular weight is 377 g/mol. The molecular weight excluding hydrogens is 348 g/mol. The van der Waals surface area contributed by atoms with Crippen LogP contribution in [-0.4, -0.2) is 22.4 Å². The Morgan fingerprint density at radius 1 is 1.04 bits per heavy atom. The van der Waals surface area contributed by atoms with Crippen molar-refractivity contribution in [3.63, 3.8) is 0 Å². The van der Waals surface area contributed by atoms with E-state index in [0.29, 0.717) is 25.2 Å². The number of hydrogen-bond donors (Lipinski definition) is 1. The first kappa shape index (κ1) is 19.9. The monoisotopic (exact) mass is 376 g/mol. The highest BCUT2D eigenvalue weighted by atomic mass is 16.5. The Hall–Kier alpha value is -2.88. The Morgan fingerprint density at radius 2 is 1.75 bits per heavy atom. The summed E-state index contributed by atoms with van der Waals surface area (Å²) < 4.78 is 6.01. The van der Waals surface area contributed by atoms with Crippen molar-refractivity contribution in [2.24, 2.45) is 5.41 Å². The first-order valence-electron chi connectivity index (χ1n) is 9.71. The maximum atomic E-state index is 12.1. The zero-order valence-corrected chi connectivity index (χ0v) is 16.9. The molecule has 0 unspecified atom stereocenters. The van der Waals surface area contributed by atoms with Crippen LogP contribution in [0.3, 0.4) is 0 Å². The number of imidazole rings is 1. The fourth-order valence-corrected chi connectivity index (χ4v) is 3.20. The Labute approximate surface area is 167 Å². The minimum atomic E-state index is 0.0425. The van der Waals surface area contributed by atoms with Gasteiger partial charge in [-0.2, -0.15) is 0 Å². The van der Waals surface area contributed by atoms with E-state index in [1.54, 1.807) is 12.5 Å². The number of benzene rings is 2. The van der Waals surface area contributed by atoms with Crippen LogP contribution in [0.2, 0.25) is 0 Å². The van der Waals surface area contributed by atoms with Crippen molar-refractivity contribution in [1.29, 1.82) is 0 Å². The van der Waals surface area contributed by atoms with Gasteiger partial charge in [-0.3, -0.25) is 4.79 Å². The molecule has 0 amide bonds. The van der Waals surface area contributed by atoms with Crippen molar-refractivity contribution in [3.8, 4) is 17.0 Å². The van der Waals surface area contributed by atoms with Gasteiger partial charge in [0.25, 0.3) is 0 Å². The number of carbonyl (C=O) groups excluding carboxylic acids is 1. The maximum Gasteiger partial charge on any atom is 0.137 e. The molecular formula is C24H28N2O2. The highest BCUT2D eigenvalue weighted by Crippen LogP contribution is 2.28. The smallest absolute Gasteiger partial charge is 0.137 e. The molecule has 2 aromatic carbocycles. The highest BCUT2D eigenvalue weighted by Gasteiger charge is 2.16. The molecule has 0 aliphatic rings. The summed E-state index contributed by atoms with van der Waals surface area (Å²) in [6.07, 6.45) is 5.39. The molecule has 0 bridgehead atoms. The van der Waals surface area contributed by atoms with E-state index >= 15 is 0 Å². The van der Waals surface area contributed by atoms with Crippen LogP contribution in [0.5, 0.6) is 5.75 Å². The van der Waals surface area contributed by atoms with E-state index in [1.807, 2.05) is 24.3 Å². The number of ether oxygens (including phenoxy) is 1. The number of hydrogen-bond acceptors (Lipinski definition) is 3. The zero-order chi connectivity index (χ0) is 20.0. The number of Topliss-reactive ketones (excluding diaryl/α,β-unsaturated/α-hetero) is 1. The highest BCUT2D eigenvalue weighted by molar-refractivity contribution is 5.81. The van der Waals surface area contributed by atoms with Crippen molar-refractivity contribution in [3.05, 3.63) is 72.2 Å². The summed E-state index contributed by atoms with van der Waals surface area (Å²) in [5.41, 5.74) is 4.27. The molecule has 0 aliphatic heterocycles. The fraction of sp³-hybridized carbons (Fsp3) is 0.333. The van der Waals surface area contributed by atoms with Crippen molar-refractivity contribution < 1.29 is 9.53 Å². The van der Waals surface area contributed by atoms with E-state index in [1.165, 1.54) is 5.56 Å². The van der Waals surface area contributed by atoms with Crippen LogP contribution < -0.4 is 4.74 Å². The van der Waals surface area contributed by atoms with Crippen molar-refractivity contribution in [1.82, 2.24) is 9.97 Å². The third kappa shape index (κ3) is 5.81. The molecule has 146 valence electrons. The van der Waals surface area contributed by atoms with Crippen LogP contribution >= 0.6 is 0 Å². The van der Waals surface area contributed by atoms with Gasteiger partial charge in [0, 0.05) is 24.8 Å². The van der Waals surface area contributed by atoms with Crippen LogP contribution in [0.15, 0.2) is 61.1 Å². The Bertz CT molecular complexity index is 891. The molecule has 0 fully saturated rings. The van der Waals surface area contributed by atoms with Crippen molar-refractivity contribution >= 4 is 5.78 Å². The number of ketones is 1. The van der Waals surface area contributed by atoms with Gasteiger partial charge in [0.05, 0.1) is 24.8 Å². The molecule has 0 atom stereocenters. The maximum absolute atomic E-state index is 12.1. The number of aromatic nitrogens is 2. The molecule has 4 heteroatoms. The summed E-state index contributed by atoms with van der Waals surface area (Å²) in [6.45, 7) is 6.88. The van der Waals surface area contributed by atoms with Crippen LogP contribution in [0, 0.1) is 5.41 Å². The number of rotatable bonds is 8. The quantitative estimate of drug-likeness (QED) is 0.584. The molecule has 0 saturated heterocycles. The third-order valence-electron chi connectivity index (χ3n) is 4.48. The molecule has 0 radical (unpaired) electrons. The van der Waals surface area contributed by atoms with Gasteiger partial charge in [0.2, 0.25) is 0 Å². The number of carbonyl (C=O) groups is 1. The normalized spacial score (nSPS) is 11.4. The minimum Gasteiger partial charge on any atom is -0.493 e. The Kier molecular flexibility index (Phi) is 6.30. The van der Waals surface area contributed by atoms with Gasteiger partial charge in [-0.25, -0.2) is 4.98 Å². The van der Waals surface area contributed by atoms with E-state index in [4.69, 9.17) is 4.74 Å². The SMILES string of the molecule is CC(C)(C)CC(=O)Cc1ccc(CCOc2ccccc2-c2cnc[nH]2)cc1. The lowest BCUT2D eigenvalue weighted by atomic mass is 9.88. The van der Waals surface area contributed by atoms with Crippen LogP contribution in [-0.2, 0) is 17.6 Å². The molecule has 28 heavy (non-hydrogen) atoms. The summed E-state index contributed by atoms with van der Waals surface area (Å²) in [5, 5.41) is 0. The molecule has 1 aromatic heterocycles. The largest absolute Gasteiger partial charge is 0.493 e. The minimum absolute atomic E-state index is 0.0425. The first-order valence-corrected chi connectivity index (χ1v) is 9.71. The summed E-state index contributed by atoms with van der Waals surface area (Å²) in [6, 6.07) is 16.2. The van der Waals surface area contributed by atoms with Gasteiger partial charge < -0.3 is 9.72 Å². The summed E-state index contributed by atoms with van der Waals surface area (Å²) >= 11 is 0. The van der Waals surface area contributed by atoms with Crippen molar-refractivity contribution in [2.75, 3.05) is 6.61 Å². The number of para-hydroxylation sites is 1. The number of aromatic amines is 1. The molecule has 1 N–H and O–H groups in total. The zero-order valence-electron chi connectivity index (χ0n) is 16.9. The molecule has 0 spiro atoms. The fourth-order valence-electron chi connectivity index (χ4n) is 3.20. The van der Waals surface area contributed by atoms with Crippen LogP contribution in [0.1, 0.15) is 38.3 Å². The standard InChI is InChI=1S/C24H28N2O2/c1-24(2,3)15-20(27)14-19-10-8-18(9-11-19)12-13-28-23-7-5-4-6-21(23)22-16-25-17-26-22/h4-11,16-17H,12-15H2,1-3H3,(H,25,26). The Morgan fingerprint density at radius 3 is 2.43 bits per heavy atom. The lowest BCUT2D eigenvalue weighted by Crippen LogP contribution is -2.14. The lowest BCUT2D eigenvalue weighted by Gasteiger charge is -2.16. The molecule has 3 rings (SSSR count). The van der Waals surface area contributed by atoms with E-state index in [0.717, 1.165) is 29.0 Å². The first-order chi connectivity index (χ1) is 13.4. The molecule has 0 aliphatic carbocycles. The van der Waals surface area contributed by atoms with Crippen LogP contribution in [0.4, 0.5) is 0 Å². The van der Waals surface area contributed by atoms with Gasteiger partial charge in [0.15, 0.2) is 0 Å². The second-order valence-electron chi connectivity index (χ2n) is 8.33. The van der Waals surface area contributed by atoms with E-state index in [9.17, 15) is 4.79 Å². The van der Waals surface area contributed by atoms with E-state index in [-0.39, 0.29) is 5.41 Å². The van der Waals surface area contributed by atoms with Gasteiger partial charge in [-0.15, -0.1) is 0 Å². The average Bonchev–Trinajstić information content (AvgIpc) is 3.16. The molecule has 3 aromatic rings. The molecule has 1 heterocycles. The topological polar surface area (TPSA) is 55.0 Å². The predicted molar refractivity (Wildman–Crippen MR) is 112 cm³/mol. The number of nitrogens with zero attached hydrogens (tertiary/aromatic N) is 1. The summed E-state index contributed by atoms with van der Waals surface area (Å²) in [7, 11) is 0. The van der Waals surface area contributed by atoms with Gasteiger partial charge in [-0.05, 0) is 28.7 Å². The third-order valence-corrected chi connectivity index (χ3v) is 4.48. The predicted octanol–water partition coefficient (Wildman–Crippen LogP) is 5.25. The lowest BCUT2D eigenvalue weighted by molar-refractivity contribution is -0.120. The van der Waals surface area contributed by atoms with Gasteiger partial charge in [-0.1, -0.05) is 57.2 Å². The molecule has 0 saturated carbocycles. The van der Waals surface area contributed by atoms with E-state index < -0.39 is 0 Å². The van der Waals surface area contributed by atoms with Crippen molar-refractivity contribution in [2.45, 2.75) is 40.0 Å². The second kappa shape index (κ2) is 8.87. The van der Waals surface area contributed by atoms with Crippen LogP contribution in [0.25, 0.3) is 11.3 Å². The molecule has 4 nitrogen and oxygen atoms in total. The number of H-pyrrole nitrogens is 1. The summed E-state index contributed by atoms with van der Waals surface area (Å²) in [5.74, 6) is 1.13. The van der Waals surface area contributed by atoms with E-state index in [2.05, 4.69) is 55.0 Å². The number of nitrogens with one attached hydrogen (secondary N) is 1. The van der Waals surface area contributed by atoms with Gasteiger partial charge >= 0.3 is 0 Å². The van der Waals surface area contributed by atoms with Gasteiger partial charge in [0.1, 0.15) is 11.5 Å². The summed E-state index contributed by atoms with van der Waals surface area (Å²) in [4.78, 5) is 19.3. The second-order valence-corrected chi connectivity index (χ2v) is 8.33. The Balaban J connectivity index is 1.53.